The molecule has 0 saturated heterocycles. The van der Waals surface area contributed by atoms with Gasteiger partial charge in [0.25, 0.3) is 0 Å². The van der Waals surface area contributed by atoms with Gasteiger partial charge in [0.15, 0.2) is 5.82 Å². The van der Waals surface area contributed by atoms with Crippen LogP contribution in [0.3, 0.4) is 0 Å². The van der Waals surface area contributed by atoms with Crippen LogP contribution in [-0.2, 0) is 11.3 Å². The van der Waals surface area contributed by atoms with E-state index in [1.807, 2.05) is 31.0 Å². The van der Waals surface area contributed by atoms with Crippen LogP contribution in [0.25, 0.3) is 0 Å². The molecule has 1 amide bonds. The molecular weight excluding hydrogens is 228 g/mol. The van der Waals surface area contributed by atoms with Crippen LogP contribution in [0.2, 0.25) is 0 Å². The molecule has 102 valence electrons. The Bertz CT molecular complexity index is 371. The molecule has 0 aromatic carbocycles. The Kier molecular flexibility index (Phi) is 5.85. The molecule has 5 nitrogen and oxygen atoms in total. The van der Waals surface area contributed by atoms with E-state index in [1.165, 1.54) is 0 Å². The first-order valence-electron chi connectivity index (χ1n) is 6.45. The number of carbonyl (C=O) groups is 1. The number of amides is 1. The second-order valence-electron chi connectivity index (χ2n) is 5.25. The molecule has 0 aliphatic heterocycles. The van der Waals surface area contributed by atoms with Crippen molar-refractivity contribution >= 4 is 11.7 Å². The number of carbonyl (C=O) groups excluding carboxylic acids is 1. The summed E-state index contributed by atoms with van der Waals surface area (Å²) in [5, 5.41) is 7.13. The van der Waals surface area contributed by atoms with E-state index in [0.717, 1.165) is 19.5 Å². The molecule has 0 spiro atoms. The molecule has 5 heteroatoms. The van der Waals surface area contributed by atoms with Gasteiger partial charge in [0.1, 0.15) is 0 Å². The molecule has 1 N–H and O–H groups in total. The lowest BCUT2D eigenvalue weighted by Crippen LogP contribution is -2.19. The van der Waals surface area contributed by atoms with Gasteiger partial charge in [0, 0.05) is 25.2 Å². The molecule has 0 unspecified atom stereocenters. The zero-order chi connectivity index (χ0) is 13.5. The van der Waals surface area contributed by atoms with Gasteiger partial charge in [-0.1, -0.05) is 13.8 Å². The zero-order valence-corrected chi connectivity index (χ0v) is 11.8. The Balaban J connectivity index is 2.36. The summed E-state index contributed by atoms with van der Waals surface area (Å²) in [7, 11) is 4.05. The lowest BCUT2D eigenvalue weighted by atomic mass is 10.1. The van der Waals surface area contributed by atoms with Crippen molar-refractivity contribution in [1.82, 2.24) is 14.7 Å². The Morgan fingerprint density at radius 2 is 2.22 bits per heavy atom. The van der Waals surface area contributed by atoms with E-state index in [2.05, 4.69) is 29.2 Å². The number of nitrogens with zero attached hydrogens (tertiary/aromatic N) is 3. The maximum absolute atomic E-state index is 11.6. The normalized spacial score (nSPS) is 11.2. The molecule has 0 radical (unpaired) electrons. The van der Waals surface area contributed by atoms with Crippen LogP contribution in [0.1, 0.15) is 26.7 Å². The minimum Gasteiger partial charge on any atom is -0.309 e. The highest BCUT2D eigenvalue weighted by Crippen LogP contribution is 2.07. The topological polar surface area (TPSA) is 50.2 Å². The third kappa shape index (κ3) is 5.82. The molecular formula is C13H24N4O. The first kappa shape index (κ1) is 14.7. The molecule has 0 fully saturated rings. The maximum Gasteiger partial charge on any atom is 0.225 e. The Labute approximate surface area is 109 Å². The van der Waals surface area contributed by atoms with E-state index in [0.29, 0.717) is 18.2 Å². The predicted octanol–water partition coefficient (Wildman–Crippen LogP) is 1.82. The van der Waals surface area contributed by atoms with Crippen LogP contribution in [0.4, 0.5) is 5.82 Å². The number of hydrogen-bond acceptors (Lipinski definition) is 3. The van der Waals surface area contributed by atoms with Gasteiger partial charge in [-0.15, -0.1) is 0 Å². The van der Waals surface area contributed by atoms with E-state index in [4.69, 9.17) is 0 Å². The SMILES string of the molecule is CC(C)CCC(=O)Nc1ccn(CCN(C)C)n1. The highest BCUT2D eigenvalue weighted by Gasteiger charge is 2.06. The van der Waals surface area contributed by atoms with Gasteiger partial charge in [0.05, 0.1) is 6.54 Å². The Morgan fingerprint density at radius 3 is 2.83 bits per heavy atom. The van der Waals surface area contributed by atoms with Crippen LogP contribution in [-0.4, -0.2) is 41.2 Å². The summed E-state index contributed by atoms with van der Waals surface area (Å²) in [6.07, 6.45) is 3.36. The van der Waals surface area contributed by atoms with Gasteiger partial charge in [0.2, 0.25) is 5.91 Å². The minimum atomic E-state index is 0.0431. The molecule has 1 aromatic heterocycles. The van der Waals surface area contributed by atoms with Crippen LogP contribution in [0.15, 0.2) is 12.3 Å². The van der Waals surface area contributed by atoms with Crippen LogP contribution < -0.4 is 5.32 Å². The zero-order valence-electron chi connectivity index (χ0n) is 11.8. The molecule has 0 atom stereocenters. The summed E-state index contributed by atoms with van der Waals surface area (Å²) in [5.74, 6) is 1.23. The fourth-order valence-electron chi connectivity index (χ4n) is 1.48. The molecule has 1 rings (SSSR count). The van der Waals surface area contributed by atoms with Crippen molar-refractivity contribution in [2.45, 2.75) is 33.2 Å². The van der Waals surface area contributed by atoms with Gasteiger partial charge in [-0.2, -0.15) is 5.10 Å². The Morgan fingerprint density at radius 1 is 1.50 bits per heavy atom. The summed E-state index contributed by atoms with van der Waals surface area (Å²) < 4.78 is 1.85. The number of likely N-dealkylation sites (N-methyl/N-ethyl adjacent to an activating group) is 1. The molecule has 1 aromatic rings. The number of hydrogen-bond donors (Lipinski definition) is 1. The summed E-state index contributed by atoms with van der Waals surface area (Å²) in [5.41, 5.74) is 0. The van der Waals surface area contributed by atoms with Gasteiger partial charge < -0.3 is 10.2 Å². The van der Waals surface area contributed by atoms with E-state index >= 15 is 0 Å². The average Bonchev–Trinajstić information content (AvgIpc) is 2.71. The predicted molar refractivity (Wildman–Crippen MR) is 73.5 cm³/mol. The standard InChI is InChI=1S/C13H24N4O/c1-11(2)5-6-13(18)14-12-7-8-17(15-12)10-9-16(3)4/h7-8,11H,5-6,9-10H2,1-4H3,(H,14,15,18). The molecule has 0 aliphatic carbocycles. The summed E-state index contributed by atoms with van der Waals surface area (Å²) in [4.78, 5) is 13.7. The lowest BCUT2D eigenvalue weighted by Gasteiger charge is -2.08. The van der Waals surface area contributed by atoms with Crippen molar-refractivity contribution in [2.75, 3.05) is 26.0 Å². The molecule has 0 saturated carbocycles. The average molecular weight is 252 g/mol. The molecule has 18 heavy (non-hydrogen) atoms. The smallest absolute Gasteiger partial charge is 0.225 e. The van der Waals surface area contributed by atoms with Gasteiger partial charge >= 0.3 is 0 Å². The van der Waals surface area contributed by atoms with Crippen molar-refractivity contribution in [3.8, 4) is 0 Å². The van der Waals surface area contributed by atoms with Gasteiger partial charge in [-0.05, 0) is 26.4 Å². The maximum atomic E-state index is 11.6. The molecule has 1 heterocycles. The molecule has 0 aliphatic rings. The third-order valence-corrected chi connectivity index (χ3v) is 2.63. The van der Waals surface area contributed by atoms with Crippen molar-refractivity contribution in [3.63, 3.8) is 0 Å². The van der Waals surface area contributed by atoms with E-state index in [9.17, 15) is 4.79 Å². The molecule has 0 bridgehead atoms. The van der Waals surface area contributed by atoms with Gasteiger partial charge in [-0.3, -0.25) is 9.48 Å². The fraction of sp³-hybridized carbons (Fsp3) is 0.692. The highest BCUT2D eigenvalue weighted by molar-refractivity contribution is 5.89. The summed E-state index contributed by atoms with van der Waals surface area (Å²) >= 11 is 0. The highest BCUT2D eigenvalue weighted by atomic mass is 16.1. The fourth-order valence-corrected chi connectivity index (χ4v) is 1.48. The van der Waals surface area contributed by atoms with Crippen molar-refractivity contribution in [2.24, 2.45) is 5.92 Å². The summed E-state index contributed by atoms with van der Waals surface area (Å²) in [6.45, 7) is 5.99. The largest absolute Gasteiger partial charge is 0.309 e. The second kappa shape index (κ2) is 7.16. The lowest BCUT2D eigenvalue weighted by molar-refractivity contribution is -0.116. The Hall–Kier alpha value is -1.36. The summed E-state index contributed by atoms with van der Waals surface area (Å²) in [6, 6.07) is 1.84. The van der Waals surface area contributed by atoms with E-state index in [-0.39, 0.29) is 5.91 Å². The number of nitrogens with one attached hydrogen (secondary N) is 1. The first-order chi connectivity index (χ1) is 8.47. The number of rotatable bonds is 7. The third-order valence-electron chi connectivity index (χ3n) is 2.63. The van der Waals surface area contributed by atoms with Crippen LogP contribution in [0, 0.1) is 5.92 Å². The monoisotopic (exact) mass is 252 g/mol. The van der Waals surface area contributed by atoms with Crippen LogP contribution in [0.5, 0.6) is 0 Å². The van der Waals surface area contributed by atoms with E-state index in [1.54, 1.807) is 0 Å². The van der Waals surface area contributed by atoms with Crippen molar-refractivity contribution in [1.29, 1.82) is 0 Å². The van der Waals surface area contributed by atoms with Crippen molar-refractivity contribution in [3.05, 3.63) is 12.3 Å². The van der Waals surface area contributed by atoms with Crippen molar-refractivity contribution < 1.29 is 4.79 Å². The van der Waals surface area contributed by atoms with Gasteiger partial charge in [-0.25, -0.2) is 0 Å². The number of aromatic nitrogens is 2. The number of anilines is 1. The van der Waals surface area contributed by atoms with E-state index < -0.39 is 0 Å². The minimum absolute atomic E-state index is 0.0431. The first-order valence-corrected chi connectivity index (χ1v) is 6.45. The van der Waals surface area contributed by atoms with Crippen LogP contribution >= 0.6 is 0 Å². The quantitative estimate of drug-likeness (QED) is 0.805. The second-order valence-corrected chi connectivity index (χ2v) is 5.25.